The molecule has 1 aromatic heterocycles. The van der Waals surface area contributed by atoms with Gasteiger partial charge in [-0.15, -0.1) is 0 Å². The van der Waals surface area contributed by atoms with E-state index < -0.39 is 0 Å². The van der Waals surface area contributed by atoms with Gasteiger partial charge in [-0.1, -0.05) is 24.2 Å². The Morgan fingerprint density at radius 3 is 2.81 bits per heavy atom. The Morgan fingerprint density at radius 2 is 2.19 bits per heavy atom. The quantitative estimate of drug-likeness (QED) is 0.866. The summed E-state index contributed by atoms with van der Waals surface area (Å²) in [6.07, 6.45) is 2.61. The molecule has 0 N–H and O–H groups in total. The monoisotopic (exact) mass is 288 g/mol. The van der Waals surface area contributed by atoms with Crippen LogP contribution in [0.5, 0.6) is 0 Å². The minimum atomic E-state index is -0.267. The molecular formula is C16H17FN2O2. The van der Waals surface area contributed by atoms with E-state index >= 15 is 0 Å². The molecule has 0 spiro atoms. The number of halogens is 1. The van der Waals surface area contributed by atoms with Gasteiger partial charge in [0.05, 0.1) is 6.04 Å². The van der Waals surface area contributed by atoms with Crippen LogP contribution in [0.1, 0.15) is 47.6 Å². The number of aryl methyl sites for hydroxylation is 1. The first-order valence-electron chi connectivity index (χ1n) is 7.21. The summed E-state index contributed by atoms with van der Waals surface area (Å²) in [6.45, 7) is 2.74. The van der Waals surface area contributed by atoms with Crippen LogP contribution in [-0.4, -0.2) is 22.5 Å². The van der Waals surface area contributed by atoms with Gasteiger partial charge in [-0.3, -0.25) is 4.79 Å². The largest absolute Gasteiger partial charge is 0.361 e. The number of carbonyl (C=O) groups is 1. The molecule has 21 heavy (non-hydrogen) atoms. The molecule has 1 amide bonds. The van der Waals surface area contributed by atoms with E-state index in [1.54, 1.807) is 23.1 Å². The first-order chi connectivity index (χ1) is 10.2. The third-order valence-electron chi connectivity index (χ3n) is 3.81. The molecule has 2 heterocycles. The number of benzene rings is 1. The Balaban J connectivity index is 1.73. The Hall–Kier alpha value is -2.17. The summed E-state index contributed by atoms with van der Waals surface area (Å²) in [6, 6.07) is 8.02. The van der Waals surface area contributed by atoms with E-state index in [-0.39, 0.29) is 17.8 Å². The predicted octanol–water partition coefficient (Wildman–Crippen LogP) is 3.35. The molecule has 0 unspecified atom stereocenters. The Bertz CT molecular complexity index is 636. The fourth-order valence-corrected chi connectivity index (χ4v) is 2.59. The van der Waals surface area contributed by atoms with E-state index in [4.69, 9.17) is 4.52 Å². The number of likely N-dealkylation sites (tertiary alicyclic amines) is 1. The Morgan fingerprint density at radius 1 is 1.43 bits per heavy atom. The zero-order chi connectivity index (χ0) is 14.8. The van der Waals surface area contributed by atoms with Crippen molar-refractivity contribution in [3.8, 4) is 0 Å². The van der Waals surface area contributed by atoms with Gasteiger partial charge in [0.15, 0.2) is 5.69 Å². The van der Waals surface area contributed by atoms with Gasteiger partial charge in [0.1, 0.15) is 11.6 Å². The van der Waals surface area contributed by atoms with Crippen LogP contribution in [0.4, 0.5) is 4.39 Å². The molecule has 0 radical (unpaired) electrons. The van der Waals surface area contributed by atoms with Gasteiger partial charge < -0.3 is 9.42 Å². The zero-order valence-corrected chi connectivity index (χ0v) is 11.9. The van der Waals surface area contributed by atoms with Crippen LogP contribution in [0, 0.1) is 5.82 Å². The SMILES string of the molecule is CCCc1cc(C(=O)N2CC[C@@H]2c2ccc(F)cc2)no1. The molecule has 1 aromatic carbocycles. The predicted molar refractivity (Wildman–Crippen MR) is 75.3 cm³/mol. The molecule has 5 heteroatoms. The van der Waals surface area contributed by atoms with Gasteiger partial charge in [-0.2, -0.15) is 0 Å². The standard InChI is InChI=1S/C16H17FN2O2/c1-2-3-13-10-14(18-21-13)16(20)19-9-8-15(19)11-4-6-12(17)7-5-11/h4-7,10,15H,2-3,8-9H2,1H3/t15-/m1/s1. The fraction of sp³-hybridized carbons (Fsp3) is 0.375. The highest BCUT2D eigenvalue weighted by Gasteiger charge is 2.35. The Labute approximate surface area is 122 Å². The second-order valence-corrected chi connectivity index (χ2v) is 5.28. The maximum atomic E-state index is 13.0. The molecule has 4 nitrogen and oxygen atoms in total. The maximum absolute atomic E-state index is 13.0. The molecule has 1 atom stereocenters. The zero-order valence-electron chi connectivity index (χ0n) is 11.9. The lowest BCUT2D eigenvalue weighted by atomic mass is 9.94. The lowest BCUT2D eigenvalue weighted by Crippen LogP contribution is -2.45. The molecule has 0 bridgehead atoms. The van der Waals surface area contributed by atoms with Crippen molar-refractivity contribution >= 4 is 5.91 Å². The topological polar surface area (TPSA) is 46.3 Å². The minimum Gasteiger partial charge on any atom is -0.361 e. The van der Waals surface area contributed by atoms with Gasteiger partial charge in [0.2, 0.25) is 0 Å². The van der Waals surface area contributed by atoms with Crippen molar-refractivity contribution < 1.29 is 13.7 Å². The van der Waals surface area contributed by atoms with E-state index in [2.05, 4.69) is 5.16 Å². The van der Waals surface area contributed by atoms with Crippen LogP contribution in [0.15, 0.2) is 34.9 Å². The summed E-state index contributed by atoms with van der Waals surface area (Å²) in [4.78, 5) is 14.2. The van der Waals surface area contributed by atoms with E-state index in [0.29, 0.717) is 12.2 Å². The molecule has 0 saturated carbocycles. The number of carbonyl (C=O) groups excluding carboxylic acids is 1. The van der Waals surface area contributed by atoms with Gasteiger partial charge >= 0.3 is 0 Å². The number of hydrogen-bond acceptors (Lipinski definition) is 3. The summed E-state index contributed by atoms with van der Waals surface area (Å²) in [5, 5.41) is 3.85. The molecule has 1 fully saturated rings. The van der Waals surface area contributed by atoms with Crippen molar-refractivity contribution in [2.45, 2.75) is 32.2 Å². The third-order valence-corrected chi connectivity index (χ3v) is 3.81. The van der Waals surface area contributed by atoms with Crippen molar-refractivity contribution in [3.63, 3.8) is 0 Å². The van der Waals surface area contributed by atoms with Crippen LogP contribution >= 0.6 is 0 Å². The molecule has 1 saturated heterocycles. The summed E-state index contributed by atoms with van der Waals surface area (Å²) < 4.78 is 18.1. The molecule has 2 aromatic rings. The molecule has 0 aliphatic carbocycles. The van der Waals surface area contributed by atoms with E-state index in [9.17, 15) is 9.18 Å². The molecule has 110 valence electrons. The summed E-state index contributed by atoms with van der Waals surface area (Å²) in [5.41, 5.74) is 1.30. The van der Waals surface area contributed by atoms with Crippen molar-refractivity contribution in [3.05, 3.63) is 53.2 Å². The second-order valence-electron chi connectivity index (χ2n) is 5.28. The van der Waals surface area contributed by atoms with E-state index in [1.165, 1.54) is 12.1 Å². The molecule has 1 aliphatic heterocycles. The first-order valence-corrected chi connectivity index (χ1v) is 7.21. The number of hydrogen-bond donors (Lipinski definition) is 0. The molecule has 3 rings (SSSR count). The normalized spacial score (nSPS) is 17.6. The highest BCUT2D eigenvalue weighted by Crippen LogP contribution is 2.34. The van der Waals surface area contributed by atoms with Gasteiger partial charge in [-0.05, 0) is 30.5 Å². The maximum Gasteiger partial charge on any atom is 0.276 e. The van der Waals surface area contributed by atoms with Crippen LogP contribution in [0.3, 0.4) is 0 Å². The first kappa shape index (κ1) is 13.8. The number of rotatable bonds is 4. The van der Waals surface area contributed by atoms with Crippen molar-refractivity contribution in [1.82, 2.24) is 10.1 Å². The van der Waals surface area contributed by atoms with Gasteiger partial charge in [0.25, 0.3) is 5.91 Å². The van der Waals surface area contributed by atoms with Gasteiger partial charge in [0, 0.05) is 19.0 Å². The highest BCUT2D eigenvalue weighted by atomic mass is 19.1. The molecular weight excluding hydrogens is 271 g/mol. The highest BCUT2D eigenvalue weighted by molar-refractivity contribution is 5.93. The van der Waals surface area contributed by atoms with Crippen molar-refractivity contribution in [1.29, 1.82) is 0 Å². The smallest absolute Gasteiger partial charge is 0.276 e. The lowest BCUT2D eigenvalue weighted by Gasteiger charge is -2.40. The Kier molecular flexibility index (Phi) is 3.73. The molecule has 1 aliphatic rings. The number of amides is 1. The number of aromatic nitrogens is 1. The summed E-state index contributed by atoms with van der Waals surface area (Å²) in [5.74, 6) is 0.345. The minimum absolute atomic E-state index is 0.00410. The van der Waals surface area contributed by atoms with Crippen LogP contribution < -0.4 is 0 Å². The van der Waals surface area contributed by atoms with E-state index in [0.717, 1.165) is 30.6 Å². The second kappa shape index (κ2) is 5.68. The summed E-state index contributed by atoms with van der Waals surface area (Å²) >= 11 is 0. The average Bonchev–Trinajstić information content (AvgIpc) is 2.89. The van der Waals surface area contributed by atoms with E-state index in [1.807, 2.05) is 6.92 Å². The van der Waals surface area contributed by atoms with Crippen LogP contribution in [0.25, 0.3) is 0 Å². The van der Waals surface area contributed by atoms with Gasteiger partial charge in [-0.25, -0.2) is 4.39 Å². The van der Waals surface area contributed by atoms with Crippen LogP contribution in [0.2, 0.25) is 0 Å². The fourth-order valence-electron chi connectivity index (χ4n) is 2.59. The number of nitrogens with zero attached hydrogens (tertiary/aromatic N) is 2. The average molecular weight is 288 g/mol. The summed E-state index contributed by atoms with van der Waals surface area (Å²) in [7, 11) is 0. The van der Waals surface area contributed by atoms with Crippen molar-refractivity contribution in [2.24, 2.45) is 0 Å². The van der Waals surface area contributed by atoms with Crippen LogP contribution in [-0.2, 0) is 6.42 Å². The van der Waals surface area contributed by atoms with Crippen molar-refractivity contribution in [2.75, 3.05) is 6.54 Å². The third kappa shape index (κ3) is 2.68. The lowest BCUT2D eigenvalue weighted by molar-refractivity contribution is 0.0449.